The summed E-state index contributed by atoms with van der Waals surface area (Å²) in [6.07, 6.45) is 4.96. The van der Waals surface area contributed by atoms with Gasteiger partial charge in [0.25, 0.3) is 7.30 Å². The molecule has 5 nitrogen and oxygen atoms in total. The van der Waals surface area contributed by atoms with Crippen LogP contribution < -0.4 is 4.84 Å². The molecule has 7 heteroatoms. The van der Waals surface area contributed by atoms with Crippen LogP contribution in [0.2, 0.25) is 0 Å². The smallest absolute Gasteiger partial charge is 0.327 e. The number of nitrogens with zero attached hydrogens (tertiary/aromatic N) is 1. The third-order valence-corrected chi connectivity index (χ3v) is 6.30. The van der Waals surface area contributed by atoms with E-state index < -0.39 is 19.3 Å². The SMILES string of the molecule is CC(C)[C@@H](C(=O)OC1CCCCC1)N(Oc1cccc2ccccc12)[PH](=O)Cl. The second-order valence-corrected chi connectivity index (χ2v) is 9.45. The number of esters is 1. The minimum atomic E-state index is -2.83. The Bertz CT molecular complexity index is 833. The second-order valence-electron chi connectivity index (χ2n) is 7.53. The van der Waals surface area contributed by atoms with Gasteiger partial charge in [0.2, 0.25) is 0 Å². The lowest BCUT2D eigenvalue weighted by molar-refractivity contribution is -0.164. The molecule has 1 aliphatic rings. The van der Waals surface area contributed by atoms with Gasteiger partial charge in [0.05, 0.1) is 0 Å². The minimum absolute atomic E-state index is 0.0837. The van der Waals surface area contributed by atoms with E-state index in [0.717, 1.165) is 41.3 Å². The van der Waals surface area contributed by atoms with E-state index in [4.69, 9.17) is 20.8 Å². The van der Waals surface area contributed by atoms with Gasteiger partial charge < -0.3 is 9.57 Å². The van der Waals surface area contributed by atoms with Crippen molar-refractivity contribution in [3.63, 3.8) is 0 Å². The van der Waals surface area contributed by atoms with E-state index in [1.807, 2.05) is 50.2 Å². The van der Waals surface area contributed by atoms with Gasteiger partial charge in [-0.3, -0.25) is 9.36 Å². The van der Waals surface area contributed by atoms with Gasteiger partial charge in [-0.15, -0.1) is 0 Å². The van der Waals surface area contributed by atoms with Crippen molar-refractivity contribution in [2.75, 3.05) is 0 Å². The zero-order chi connectivity index (χ0) is 20.1. The van der Waals surface area contributed by atoms with Crippen molar-refractivity contribution in [3.05, 3.63) is 42.5 Å². The van der Waals surface area contributed by atoms with E-state index in [1.54, 1.807) is 6.07 Å². The number of halogens is 1. The van der Waals surface area contributed by atoms with E-state index in [9.17, 15) is 9.36 Å². The van der Waals surface area contributed by atoms with Crippen molar-refractivity contribution in [2.24, 2.45) is 5.92 Å². The van der Waals surface area contributed by atoms with Crippen LogP contribution in [0.25, 0.3) is 10.8 Å². The lowest BCUT2D eigenvalue weighted by atomic mass is 9.97. The van der Waals surface area contributed by atoms with Crippen molar-refractivity contribution in [1.29, 1.82) is 0 Å². The predicted molar refractivity (Wildman–Crippen MR) is 113 cm³/mol. The topological polar surface area (TPSA) is 55.8 Å². The number of carbonyl (C=O) groups excluding carboxylic acids is 1. The first-order valence-corrected chi connectivity index (χ1v) is 12.2. The summed E-state index contributed by atoms with van der Waals surface area (Å²) in [5, 5.41) is 1.85. The summed E-state index contributed by atoms with van der Waals surface area (Å²) in [6, 6.07) is 12.5. The van der Waals surface area contributed by atoms with Crippen LogP contribution in [0.5, 0.6) is 5.75 Å². The largest absolute Gasteiger partial charge is 0.461 e. The van der Waals surface area contributed by atoms with Crippen LogP contribution in [0.3, 0.4) is 0 Å². The van der Waals surface area contributed by atoms with Gasteiger partial charge in [-0.25, -0.2) is 0 Å². The molecule has 0 bridgehead atoms. The molecule has 2 atom stereocenters. The number of ether oxygens (including phenoxy) is 1. The maximum absolute atomic E-state index is 12.9. The Morgan fingerprint density at radius 1 is 1.11 bits per heavy atom. The third-order valence-electron chi connectivity index (χ3n) is 5.08. The highest BCUT2D eigenvalue weighted by atomic mass is 35.7. The molecule has 0 aromatic heterocycles. The Kier molecular flexibility index (Phi) is 7.39. The molecular formula is C21H27ClNO4P. The fourth-order valence-corrected chi connectivity index (χ4v) is 4.85. The van der Waals surface area contributed by atoms with Gasteiger partial charge in [0.1, 0.15) is 6.10 Å². The molecule has 1 fully saturated rings. The monoisotopic (exact) mass is 423 g/mol. The van der Waals surface area contributed by atoms with Gasteiger partial charge in [-0.05, 0) is 54.3 Å². The molecule has 1 unspecified atom stereocenters. The number of hydroxylamine groups is 1. The van der Waals surface area contributed by atoms with Crippen molar-refractivity contribution >= 4 is 35.3 Å². The Balaban J connectivity index is 1.84. The lowest BCUT2D eigenvalue weighted by Gasteiger charge is -2.31. The standard InChI is InChI=1S/C21H27ClNO4P/c1-15(2)20(21(24)26-17-11-4-3-5-12-17)23(28(22)25)27-19-14-8-10-16-9-6-7-13-18(16)19/h6-10,13-15,17,20,28H,3-5,11-12H2,1-2H3/t20-/m0/s1. The highest BCUT2D eigenvalue weighted by Crippen LogP contribution is 2.39. The summed E-state index contributed by atoms with van der Waals surface area (Å²) in [5.41, 5.74) is 0. The Morgan fingerprint density at radius 2 is 1.79 bits per heavy atom. The quantitative estimate of drug-likeness (QED) is 0.312. The molecule has 1 saturated carbocycles. The van der Waals surface area contributed by atoms with Gasteiger partial charge >= 0.3 is 5.97 Å². The first-order chi connectivity index (χ1) is 13.5. The Labute approximate surface area is 171 Å². The van der Waals surface area contributed by atoms with Crippen LogP contribution in [0.1, 0.15) is 46.0 Å². The van der Waals surface area contributed by atoms with Crippen LogP contribution in [-0.2, 0) is 14.1 Å². The number of hydrogen-bond acceptors (Lipinski definition) is 4. The van der Waals surface area contributed by atoms with E-state index in [2.05, 4.69) is 0 Å². The normalized spacial score (nSPS) is 17.6. The minimum Gasteiger partial charge on any atom is -0.461 e. The summed E-state index contributed by atoms with van der Waals surface area (Å²) >= 11 is 6.01. The molecule has 2 aromatic carbocycles. The van der Waals surface area contributed by atoms with Crippen LogP contribution in [-0.4, -0.2) is 22.9 Å². The highest BCUT2D eigenvalue weighted by Gasteiger charge is 2.37. The maximum Gasteiger partial charge on any atom is 0.327 e. The zero-order valence-corrected chi connectivity index (χ0v) is 18.0. The average Bonchev–Trinajstić information content (AvgIpc) is 2.68. The lowest BCUT2D eigenvalue weighted by Crippen LogP contribution is -2.44. The van der Waals surface area contributed by atoms with Gasteiger partial charge in [0, 0.05) is 5.39 Å². The molecule has 0 aliphatic heterocycles. The molecule has 0 N–H and O–H groups in total. The van der Waals surface area contributed by atoms with Gasteiger partial charge in [-0.1, -0.05) is 61.5 Å². The summed E-state index contributed by atoms with van der Waals surface area (Å²) in [4.78, 5) is 20.0. The van der Waals surface area contributed by atoms with Crippen molar-refractivity contribution < 1.29 is 18.9 Å². The van der Waals surface area contributed by atoms with E-state index >= 15 is 0 Å². The van der Waals surface area contributed by atoms with Crippen LogP contribution in [0.15, 0.2) is 42.5 Å². The fourth-order valence-electron chi connectivity index (χ4n) is 3.64. The molecule has 0 saturated heterocycles. The summed E-state index contributed by atoms with van der Waals surface area (Å²) in [6.45, 7) is 3.74. The fraction of sp³-hybridized carbons (Fsp3) is 0.476. The molecule has 3 rings (SSSR count). The molecular weight excluding hydrogens is 397 g/mol. The highest BCUT2D eigenvalue weighted by molar-refractivity contribution is 7.71. The molecule has 0 radical (unpaired) electrons. The Hall–Kier alpha value is -1.55. The van der Waals surface area contributed by atoms with E-state index in [0.29, 0.717) is 5.75 Å². The number of fused-ring (bicyclic) bond motifs is 1. The number of carbonyl (C=O) groups is 1. The molecule has 0 spiro atoms. The van der Waals surface area contributed by atoms with E-state index in [-0.39, 0.29) is 12.0 Å². The summed E-state index contributed by atoms with van der Waals surface area (Å²) < 4.78 is 18.1. The molecule has 0 amide bonds. The molecule has 0 heterocycles. The molecule has 2 aromatic rings. The zero-order valence-electron chi connectivity index (χ0n) is 16.3. The molecule has 1 aliphatic carbocycles. The molecule has 28 heavy (non-hydrogen) atoms. The maximum atomic E-state index is 12.9. The number of rotatable bonds is 7. The molecule has 152 valence electrons. The van der Waals surface area contributed by atoms with Crippen molar-refractivity contribution in [1.82, 2.24) is 4.83 Å². The van der Waals surface area contributed by atoms with Crippen molar-refractivity contribution in [2.45, 2.75) is 58.1 Å². The van der Waals surface area contributed by atoms with Crippen LogP contribution in [0.4, 0.5) is 0 Å². The first-order valence-electron chi connectivity index (χ1n) is 9.82. The first kappa shape index (κ1) is 21.2. The Morgan fingerprint density at radius 3 is 2.46 bits per heavy atom. The summed E-state index contributed by atoms with van der Waals surface area (Å²) in [7, 11) is -2.83. The summed E-state index contributed by atoms with van der Waals surface area (Å²) in [5.74, 6) is -0.104. The number of hydrogen-bond donors (Lipinski definition) is 0. The van der Waals surface area contributed by atoms with E-state index in [1.165, 1.54) is 6.42 Å². The average molecular weight is 424 g/mol. The predicted octanol–water partition coefficient (Wildman–Crippen LogP) is 5.96. The number of benzene rings is 2. The van der Waals surface area contributed by atoms with Gasteiger partial charge in [0.15, 0.2) is 11.8 Å². The third kappa shape index (κ3) is 5.08. The van der Waals surface area contributed by atoms with Crippen molar-refractivity contribution in [3.8, 4) is 5.75 Å². The van der Waals surface area contributed by atoms with Crippen LogP contribution in [0, 0.1) is 5.92 Å². The van der Waals surface area contributed by atoms with Crippen LogP contribution >= 0.6 is 18.5 Å². The second kappa shape index (κ2) is 9.78. The van der Waals surface area contributed by atoms with Gasteiger partial charge in [-0.2, -0.15) is 0 Å².